The number of rotatable bonds is 18. The van der Waals surface area contributed by atoms with Crippen LogP contribution in [0.4, 0.5) is 0 Å². The van der Waals surface area contributed by atoms with Crippen molar-refractivity contribution >= 4 is 0 Å². The van der Waals surface area contributed by atoms with Gasteiger partial charge in [0, 0.05) is 13.2 Å². The molecular weight excluding hydrogens is 320 g/mol. The topological polar surface area (TPSA) is 18.5 Å². The van der Waals surface area contributed by atoms with Crippen molar-refractivity contribution in [3.05, 3.63) is 24.3 Å². The largest absolute Gasteiger partial charge is 0.370 e. The predicted molar refractivity (Wildman–Crippen MR) is 114 cm³/mol. The Kier molecular flexibility index (Phi) is 16.0. The van der Waals surface area contributed by atoms with E-state index in [0.717, 1.165) is 13.2 Å². The first kappa shape index (κ1) is 23.4. The molecule has 0 saturated carbocycles. The molecule has 0 unspecified atom stereocenters. The summed E-state index contributed by atoms with van der Waals surface area (Å²) in [6.45, 7) is 6.28. The molecule has 0 N–H and O–H groups in total. The van der Waals surface area contributed by atoms with E-state index in [0.29, 0.717) is 0 Å². The van der Waals surface area contributed by atoms with E-state index in [-0.39, 0.29) is 12.2 Å². The number of ether oxygens (including phenoxy) is 2. The van der Waals surface area contributed by atoms with E-state index >= 15 is 0 Å². The summed E-state index contributed by atoms with van der Waals surface area (Å²) in [5.74, 6) is 0. The second-order valence-corrected chi connectivity index (χ2v) is 7.68. The molecule has 0 saturated heterocycles. The summed E-state index contributed by atoms with van der Waals surface area (Å²) in [4.78, 5) is 0. The van der Waals surface area contributed by atoms with Crippen LogP contribution in [-0.2, 0) is 9.47 Å². The second-order valence-electron chi connectivity index (χ2n) is 7.68. The van der Waals surface area contributed by atoms with Crippen LogP contribution < -0.4 is 0 Å². The van der Waals surface area contributed by atoms with Crippen molar-refractivity contribution in [2.45, 2.75) is 116 Å². The third-order valence-corrected chi connectivity index (χ3v) is 5.10. The third kappa shape index (κ3) is 13.6. The Labute approximate surface area is 163 Å². The SMILES string of the molecule is CCCCCCCCCOC1C=CC(OCCCCCCCCC)C=C1. The summed E-state index contributed by atoms with van der Waals surface area (Å²) in [6, 6.07) is 0. The molecule has 0 aliphatic heterocycles. The Hall–Kier alpha value is -0.600. The highest BCUT2D eigenvalue weighted by molar-refractivity contribution is 5.16. The van der Waals surface area contributed by atoms with Gasteiger partial charge in [-0.15, -0.1) is 0 Å². The molecule has 0 aromatic carbocycles. The van der Waals surface area contributed by atoms with E-state index in [1.807, 2.05) is 0 Å². The first-order valence-corrected chi connectivity index (χ1v) is 11.5. The smallest absolute Gasteiger partial charge is 0.0939 e. The molecule has 1 aliphatic rings. The van der Waals surface area contributed by atoms with E-state index in [4.69, 9.17) is 9.47 Å². The fourth-order valence-electron chi connectivity index (χ4n) is 3.35. The lowest BCUT2D eigenvalue weighted by Crippen LogP contribution is -2.17. The Balaban J connectivity index is 1.90. The van der Waals surface area contributed by atoms with E-state index in [1.54, 1.807) is 0 Å². The maximum atomic E-state index is 5.92. The van der Waals surface area contributed by atoms with Crippen LogP contribution in [0.3, 0.4) is 0 Å². The van der Waals surface area contributed by atoms with Gasteiger partial charge in [-0.2, -0.15) is 0 Å². The summed E-state index contributed by atoms with van der Waals surface area (Å²) in [7, 11) is 0. The third-order valence-electron chi connectivity index (χ3n) is 5.10. The summed E-state index contributed by atoms with van der Waals surface area (Å²) < 4.78 is 11.8. The molecule has 152 valence electrons. The highest BCUT2D eigenvalue weighted by Crippen LogP contribution is 2.13. The highest BCUT2D eigenvalue weighted by Gasteiger charge is 2.09. The number of hydrogen-bond donors (Lipinski definition) is 0. The van der Waals surface area contributed by atoms with Crippen LogP contribution in [0, 0.1) is 0 Å². The van der Waals surface area contributed by atoms with Gasteiger partial charge < -0.3 is 9.47 Å². The molecule has 0 aromatic heterocycles. The Morgan fingerprint density at radius 2 is 0.769 bits per heavy atom. The van der Waals surface area contributed by atoms with Crippen molar-refractivity contribution in [1.29, 1.82) is 0 Å². The van der Waals surface area contributed by atoms with Gasteiger partial charge in [0.15, 0.2) is 0 Å². The summed E-state index contributed by atoms with van der Waals surface area (Å²) >= 11 is 0. The van der Waals surface area contributed by atoms with E-state index in [9.17, 15) is 0 Å². The van der Waals surface area contributed by atoms with E-state index in [1.165, 1.54) is 89.9 Å². The van der Waals surface area contributed by atoms with Gasteiger partial charge in [0.2, 0.25) is 0 Å². The zero-order valence-electron chi connectivity index (χ0n) is 17.6. The molecule has 0 bridgehead atoms. The molecule has 1 rings (SSSR count). The van der Waals surface area contributed by atoms with Crippen LogP contribution in [0.1, 0.15) is 104 Å². The van der Waals surface area contributed by atoms with Crippen molar-refractivity contribution in [1.82, 2.24) is 0 Å². The Morgan fingerprint density at radius 1 is 0.462 bits per heavy atom. The van der Waals surface area contributed by atoms with Gasteiger partial charge in [0.05, 0.1) is 12.2 Å². The van der Waals surface area contributed by atoms with Gasteiger partial charge in [0.1, 0.15) is 0 Å². The van der Waals surface area contributed by atoms with Crippen LogP contribution >= 0.6 is 0 Å². The molecule has 0 radical (unpaired) electrons. The summed E-state index contributed by atoms with van der Waals surface area (Å²) in [5, 5.41) is 0. The van der Waals surface area contributed by atoms with Gasteiger partial charge in [-0.25, -0.2) is 0 Å². The van der Waals surface area contributed by atoms with Gasteiger partial charge in [0.25, 0.3) is 0 Å². The van der Waals surface area contributed by atoms with Crippen LogP contribution in [0.5, 0.6) is 0 Å². The number of hydrogen-bond acceptors (Lipinski definition) is 2. The molecule has 26 heavy (non-hydrogen) atoms. The van der Waals surface area contributed by atoms with Crippen LogP contribution in [0.25, 0.3) is 0 Å². The monoisotopic (exact) mass is 364 g/mol. The molecule has 2 nitrogen and oxygen atoms in total. The fraction of sp³-hybridized carbons (Fsp3) is 0.833. The number of unbranched alkanes of at least 4 members (excludes halogenated alkanes) is 12. The quantitative estimate of drug-likeness (QED) is 0.186. The lowest BCUT2D eigenvalue weighted by Gasteiger charge is -2.18. The van der Waals surface area contributed by atoms with Gasteiger partial charge in [-0.05, 0) is 12.8 Å². The fourth-order valence-corrected chi connectivity index (χ4v) is 3.35. The van der Waals surface area contributed by atoms with Crippen molar-refractivity contribution in [2.75, 3.05) is 13.2 Å². The molecule has 0 aromatic rings. The normalized spacial score (nSPS) is 19.3. The standard InChI is InChI=1S/C24H44O2/c1-3-5-7-9-11-13-15-21-25-23-17-19-24(20-18-23)26-22-16-14-12-10-8-6-4-2/h17-20,23-24H,3-16,21-22H2,1-2H3. The summed E-state index contributed by atoms with van der Waals surface area (Å²) in [5.41, 5.74) is 0. The molecule has 0 amide bonds. The van der Waals surface area contributed by atoms with Crippen molar-refractivity contribution < 1.29 is 9.47 Å². The minimum Gasteiger partial charge on any atom is -0.370 e. The maximum absolute atomic E-state index is 5.92. The molecular formula is C24H44O2. The molecule has 0 heterocycles. The van der Waals surface area contributed by atoms with Crippen molar-refractivity contribution in [3.8, 4) is 0 Å². The Morgan fingerprint density at radius 3 is 1.12 bits per heavy atom. The Bertz CT molecular complexity index is 302. The van der Waals surface area contributed by atoms with Crippen LogP contribution in [-0.4, -0.2) is 25.4 Å². The van der Waals surface area contributed by atoms with E-state index in [2.05, 4.69) is 38.2 Å². The van der Waals surface area contributed by atoms with Crippen molar-refractivity contribution in [3.63, 3.8) is 0 Å². The lowest BCUT2D eigenvalue weighted by molar-refractivity contribution is 0.0912. The van der Waals surface area contributed by atoms with Gasteiger partial charge in [-0.3, -0.25) is 0 Å². The predicted octanol–water partition coefficient (Wildman–Crippen LogP) is 7.38. The van der Waals surface area contributed by atoms with Gasteiger partial charge >= 0.3 is 0 Å². The van der Waals surface area contributed by atoms with E-state index < -0.39 is 0 Å². The maximum Gasteiger partial charge on any atom is 0.0939 e. The van der Waals surface area contributed by atoms with Crippen LogP contribution in [0.2, 0.25) is 0 Å². The minimum absolute atomic E-state index is 0.147. The molecule has 2 heteroatoms. The zero-order chi connectivity index (χ0) is 18.7. The zero-order valence-corrected chi connectivity index (χ0v) is 17.6. The average molecular weight is 365 g/mol. The molecule has 1 aliphatic carbocycles. The molecule has 0 atom stereocenters. The van der Waals surface area contributed by atoms with Gasteiger partial charge in [-0.1, -0.05) is 115 Å². The first-order chi connectivity index (χ1) is 12.9. The summed E-state index contributed by atoms with van der Waals surface area (Å²) in [6.07, 6.45) is 27.5. The average Bonchev–Trinajstić information content (AvgIpc) is 2.67. The second kappa shape index (κ2) is 17.8. The first-order valence-electron chi connectivity index (χ1n) is 11.5. The lowest BCUT2D eigenvalue weighted by atomic mass is 10.1. The highest BCUT2D eigenvalue weighted by atomic mass is 16.5. The van der Waals surface area contributed by atoms with Crippen molar-refractivity contribution in [2.24, 2.45) is 0 Å². The minimum atomic E-state index is 0.147. The van der Waals surface area contributed by atoms with Crippen LogP contribution in [0.15, 0.2) is 24.3 Å². The molecule has 0 spiro atoms. The molecule has 0 fully saturated rings.